The number of hydrogen-bond acceptors (Lipinski definition) is 3. The van der Waals surface area contributed by atoms with E-state index < -0.39 is 0 Å². The Morgan fingerprint density at radius 2 is 1.75 bits per heavy atom. The van der Waals surface area contributed by atoms with Crippen molar-refractivity contribution in [2.75, 3.05) is 32.7 Å². The minimum absolute atomic E-state index is 0. The zero-order valence-electron chi connectivity index (χ0n) is 12.9. The maximum absolute atomic E-state index is 12.4. The van der Waals surface area contributed by atoms with Crippen LogP contribution in [-0.4, -0.2) is 54.5 Å². The predicted molar refractivity (Wildman–Crippen MR) is 85.1 cm³/mol. The summed E-state index contributed by atoms with van der Waals surface area (Å²) in [5, 5.41) is 0. The van der Waals surface area contributed by atoms with E-state index in [-0.39, 0.29) is 23.9 Å². The summed E-state index contributed by atoms with van der Waals surface area (Å²) in [5.74, 6) is 0.313. The first kappa shape index (κ1) is 17.7. The fraction of sp³-hybridized carbons (Fsp3) is 0.933. The summed E-state index contributed by atoms with van der Waals surface area (Å²) >= 11 is 0. The molecule has 0 aromatic heterocycles. The Morgan fingerprint density at radius 3 is 2.30 bits per heavy atom. The molecule has 1 atom stereocenters. The molecule has 0 aromatic rings. The van der Waals surface area contributed by atoms with Crippen molar-refractivity contribution in [3.8, 4) is 0 Å². The lowest BCUT2D eigenvalue weighted by Crippen LogP contribution is -2.54. The Kier molecular flexibility index (Phi) is 6.76. The molecule has 2 rings (SSSR count). The molecule has 2 fully saturated rings. The zero-order chi connectivity index (χ0) is 13.9. The molecule has 2 saturated heterocycles. The standard InChI is InChI=1S/C15H29N3O.ClH/c1-15(2)12-17(10-7-13(15)16)11-14(19)18-8-5-3-4-6-9-18;/h13H,3-12,16H2,1-2H3;1H. The monoisotopic (exact) mass is 303 g/mol. The Hall–Kier alpha value is -0.320. The van der Waals surface area contributed by atoms with E-state index in [1.165, 1.54) is 25.7 Å². The van der Waals surface area contributed by atoms with E-state index in [1.807, 2.05) is 0 Å². The van der Waals surface area contributed by atoms with Crippen molar-refractivity contribution >= 4 is 18.3 Å². The molecule has 0 radical (unpaired) electrons. The maximum Gasteiger partial charge on any atom is 0.236 e. The van der Waals surface area contributed by atoms with Gasteiger partial charge in [-0.1, -0.05) is 26.7 Å². The number of nitrogens with zero attached hydrogens (tertiary/aromatic N) is 2. The van der Waals surface area contributed by atoms with Crippen LogP contribution in [-0.2, 0) is 4.79 Å². The molecular formula is C15H30ClN3O. The van der Waals surface area contributed by atoms with Crippen molar-refractivity contribution in [3.63, 3.8) is 0 Å². The number of carbonyl (C=O) groups excluding carboxylic acids is 1. The number of halogens is 1. The van der Waals surface area contributed by atoms with Gasteiger partial charge in [0.2, 0.25) is 5.91 Å². The molecule has 0 aromatic carbocycles. The van der Waals surface area contributed by atoms with E-state index in [0.29, 0.717) is 12.5 Å². The first-order chi connectivity index (χ1) is 8.99. The van der Waals surface area contributed by atoms with Crippen molar-refractivity contribution in [1.82, 2.24) is 9.80 Å². The van der Waals surface area contributed by atoms with Crippen molar-refractivity contribution < 1.29 is 4.79 Å². The second-order valence-electron chi connectivity index (χ2n) is 6.89. The number of piperidine rings is 1. The van der Waals surface area contributed by atoms with E-state index >= 15 is 0 Å². The van der Waals surface area contributed by atoms with E-state index in [2.05, 4.69) is 23.6 Å². The van der Waals surface area contributed by atoms with Crippen molar-refractivity contribution in [2.45, 2.75) is 52.0 Å². The van der Waals surface area contributed by atoms with Crippen LogP contribution in [0.3, 0.4) is 0 Å². The number of hydrogen-bond donors (Lipinski definition) is 1. The van der Waals surface area contributed by atoms with Gasteiger partial charge in [-0.2, -0.15) is 0 Å². The second kappa shape index (κ2) is 7.62. The van der Waals surface area contributed by atoms with Crippen LogP contribution in [0.5, 0.6) is 0 Å². The minimum Gasteiger partial charge on any atom is -0.342 e. The predicted octanol–water partition coefficient (Wildman–Crippen LogP) is 1.87. The van der Waals surface area contributed by atoms with Crippen LogP contribution >= 0.6 is 12.4 Å². The van der Waals surface area contributed by atoms with Gasteiger partial charge in [0, 0.05) is 32.2 Å². The highest BCUT2D eigenvalue weighted by Gasteiger charge is 2.34. The molecule has 0 spiro atoms. The lowest BCUT2D eigenvalue weighted by Gasteiger charge is -2.42. The number of rotatable bonds is 2. The molecule has 5 heteroatoms. The molecule has 2 heterocycles. The fourth-order valence-corrected chi connectivity index (χ4v) is 3.23. The molecular weight excluding hydrogens is 274 g/mol. The van der Waals surface area contributed by atoms with Gasteiger partial charge in [-0.25, -0.2) is 0 Å². The molecule has 2 aliphatic rings. The van der Waals surface area contributed by atoms with Gasteiger partial charge in [0.25, 0.3) is 0 Å². The summed E-state index contributed by atoms with van der Waals surface area (Å²) in [5.41, 5.74) is 6.27. The Bertz CT molecular complexity index is 314. The lowest BCUT2D eigenvalue weighted by atomic mass is 9.80. The van der Waals surface area contributed by atoms with Gasteiger partial charge in [0.1, 0.15) is 0 Å². The molecule has 1 unspecified atom stereocenters. The molecule has 20 heavy (non-hydrogen) atoms. The second-order valence-corrected chi connectivity index (χ2v) is 6.89. The molecule has 2 N–H and O–H groups in total. The van der Waals surface area contributed by atoms with Crippen LogP contribution in [0.1, 0.15) is 46.0 Å². The van der Waals surface area contributed by atoms with Gasteiger partial charge in [0.05, 0.1) is 6.54 Å². The highest BCUT2D eigenvalue weighted by atomic mass is 35.5. The molecule has 2 aliphatic heterocycles. The lowest BCUT2D eigenvalue weighted by molar-refractivity contribution is -0.133. The molecule has 4 nitrogen and oxygen atoms in total. The van der Waals surface area contributed by atoms with Crippen molar-refractivity contribution in [1.29, 1.82) is 0 Å². The smallest absolute Gasteiger partial charge is 0.236 e. The largest absolute Gasteiger partial charge is 0.342 e. The zero-order valence-corrected chi connectivity index (χ0v) is 13.8. The van der Waals surface area contributed by atoms with E-state index in [4.69, 9.17) is 5.73 Å². The summed E-state index contributed by atoms with van der Waals surface area (Å²) in [7, 11) is 0. The van der Waals surface area contributed by atoms with Crippen LogP contribution in [0.2, 0.25) is 0 Å². The number of carbonyl (C=O) groups is 1. The summed E-state index contributed by atoms with van der Waals surface area (Å²) in [4.78, 5) is 16.7. The minimum atomic E-state index is 0. The molecule has 1 amide bonds. The molecule has 0 saturated carbocycles. The van der Waals surface area contributed by atoms with Gasteiger partial charge in [-0.05, 0) is 24.7 Å². The molecule has 0 bridgehead atoms. The highest BCUT2D eigenvalue weighted by Crippen LogP contribution is 2.27. The van der Waals surface area contributed by atoms with Gasteiger partial charge >= 0.3 is 0 Å². The average Bonchev–Trinajstić information content (AvgIpc) is 2.62. The van der Waals surface area contributed by atoms with Crippen LogP contribution in [0.15, 0.2) is 0 Å². The van der Waals surface area contributed by atoms with Gasteiger partial charge in [-0.3, -0.25) is 9.69 Å². The topological polar surface area (TPSA) is 49.6 Å². The third-order valence-electron chi connectivity index (χ3n) is 4.71. The van der Waals surface area contributed by atoms with E-state index in [1.54, 1.807) is 0 Å². The molecule has 118 valence electrons. The van der Waals surface area contributed by atoms with E-state index in [9.17, 15) is 4.79 Å². The molecule has 0 aliphatic carbocycles. The van der Waals surface area contributed by atoms with Gasteiger partial charge in [-0.15, -0.1) is 12.4 Å². The first-order valence-corrected chi connectivity index (χ1v) is 7.75. The Labute approximate surface area is 129 Å². The van der Waals surface area contributed by atoms with Crippen molar-refractivity contribution in [3.05, 3.63) is 0 Å². The fourth-order valence-electron chi connectivity index (χ4n) is 3.23. The number of amides is 1. The third kappa shape index (κ3) is 4.61. The Morgan fingerprint density at radius 1 is 1.15 bits per heavy atom. The number of nitrogens with two attached hydrogens (primary N) is 1. The maximum atomic E-state index is 12.4. The highest BCUT2D eigenvalue weighted by molar-refractivity contribution is 5.85. The summed E-state index contributed by atoms with van der Waals surface area (Å²) in [6.45, 7) is 8.81. The third-order valence-corrected chi connectivity index (χ3v) is 4.71. The van der Waals surface area contributed by atoms with E-state index in [0.717, 1.165) is 32.6 Å². The van der Waals surface area contributed by atoms with Crippen LogP contribution in [0, 0.1) is 5.41 Å². The summed E-state index contributed by atoms with van der Waals surface area (Å²) in [6, 6.07) is 0.261. The first-order valence-electron chi connectivity index (χ1n) is 7.75. The summed E-state index contributed by atoms with van der Waals surface area (Å²) in [6.07, 6.45) is 5.88. The van der Waals surface area contributed by atoms with Crippen LogP contribution < -0.4 is 5.73 Å². The quantitative estimate of drug-likeness (QED) is 0.847. The normalized spacial score (nSPS) is 27.6. The SMILES string of the molecule is CC1(C)CN(CC(=O)N2CCCCCC2)CCC1N.Cl. The van der Waals surface area contributed by atoms with Crippen LogP contribution in [0.25, 0.3) is 0 Å². The summed E-state index contributed by atoms with van der Waals surface area (Å²) < 4.78 is 0. The number of likely N-dealkylation sites (tertiary alicyclic amines) is 2. The Balaban J connectivity index is 0.00000200. The van der Waals surface area contributed by atoms with Gasteiger partial charge < -0.3 is 10.6 Å². The average molecular weight is 304 g/mol. The van der Waals surface area contributed by atoms with Crippen LogP contribution in [0.4, 0.5) is 0 Å². The van der Waals surface area contributed by atoms with Crippen molar-refractivity contribution in [2.24, 2.45) is 11.1 Å². The van der Waals surface area contributed by atoms with Gasteiger partial charge in [0.15, 0.2) is 0 Å².